The lowest BCUT2D eigenvalue weighted by Gasteiger charge is -2.15. The van der Waals surface area contributed by atoms with E-state index in [9.17, 15) is 13.2 Å². The number of ether oxygens (including phenoxy) is 1. The highest BCUT2D eigenvalue weighted by molar-refractivity contribution is 7.89. The van der Waals surface area contributed by atoms with Crippen molar-refractivity contribution >= 4 is 15.9 Å². The number of aryl methyl sites for hydroxylation is 1. The highest BCUT2D eigenvalue weighted by atomic mass is 32.2. The molecule has 0 aliphatic carbocycles. The van der Waals surface area contributed by atoms with Crippen molar-refractivity contribution in [3.63, 3.8) is 0 Å². The highest BCUT2D eigenvalue weighted by Gasteiger charge is 2.24. The van der Waals surface area contributed by atoms with Crippen LogP contribution in [0.3, 0.4) is 0 Å². The van der Waals surface area contributed by atoms with Crippen LogP contribution < -0.4 is 10.1 Å². The molecule has 0 aromatic heterocycles. The number of nitrogens with one attached hydrogen (secondary N) is 1. The molecule has 1 heterocycles. The monoisotopic (exact) mass is 326 g/mol. The molecule has 1 saturated heterocycles. The molecule has 1 amide bonds. The van der Waals surface area contributed by atoms with Gasteiger partial charge < -0.3 is 10.1 Å². The Balaban J connectivity index is 1.68. The van der Waals surface area contributed by atoms with Gasteiger partial charge in [0.25, 0.3) is 5.91 Å². The van der Waals surface area contributed by atoms with E-state index in [4.69, 9.17) is 4.74 Å². The minimum absolute atomic E-state index is 0.0662. The molecular weight excluding hydrogens is 304 g/mol. The Morgan fingerprint density at radius 3 is 2.50 bits per heavy atom. The Labute approximate surface area is 131 Å². The molecule has 122 valence electrons. The van der Waals surface area contributed by atoms with Crippen LogP contribution in [0.2, 0.25) is 0 Å². The van der Waals surface area contributed by atoms with Crippen molar-refractivity contribution in [1.82, 2.24) is 9.62 Å². The van der Waals surface area contributed by atoms with Gasteiger partial charge in [0.15, 0.2) is 6.61 Å². The lowest BCUT2D eigenvalue weighted by atomic mass is 10.2. The molecule has 2 rings (SSSR count). The fourth-order valence-corrected chi connectivity index (χ4v) is 3.68. The van der Waals surface area contributed by atoms with Crippen LogP contribution in [-0.2, 0) is 14.8 Å². The topological polar surface area (TPSA) is 75.7 Å². The predicted octanol–water partition coefficient (Wildman–Crippen LogP) is 0.916. The van der Waals surface area contributed by atoms with Crippen LogP contribution in [0, 0.1) is 6.92 Å². The molecule has 1 aliphatic heterocycles. The first-order valence-electron chi connectivity index (χ1n) is 7.41. The molecule has 1 fully saturated rings. The van der Waals surface area contributed by atoms with E-state index in [0.29, 0.717) is 18.8 Å². The van der Waals surface area contributed by atoms with E-state index in [1.54, 1.807) is 12.1 Å². The van der Waals surface area contributed by atoms with Crippen LogP contribution in [-0.4, -0.2) is 50.6 Å². The third kappa shape index (κ3) is 4.99. The maximum atomic E-state index is 12.0. The summed E-state index contributed by atoms with van der Waals surface area (Å²) in [5.74, 6) is 0.228. The standard InChI is InChI=1S/C15H22N2O4S/c1-13-4-6-14(7-5-13)21-12-15(18)16-8-11-22(19,20)17-9-2-3-10-17/h4-7H,2-3,8-12H2,1H3,(H,16,18). The number of rotatable bonds is 7. The van der Waals surface area contributed by atoms with Crippen molar-refractivity contribution in [3.8, 4) is 5.75 Å². The van der Waals surface area contributed by atoms with Gasteiger partial charge in [0.05, 0.1) is 5.75 Å². The molecule has 0 radical (unpaired) electrons. The molecule has 0 bridgehead atoms. The Morgan fingerprint density at radius 2 is 1.86 bits per heavy atom. The molecule has 1 aromatic rings. The summed E-state index contributed by atoms with van der Waals surface area (Å²) in [7, 11) is -3.25. The Hall–Kier alpha value is -1.60. The molecule has 7 heteroatoms. The van der Waals surface area contributed by atoms with Crippen molar-refractivity contribution in [2.75, 3.05) is 32.0 Å². The van der Waals surface area contributed by atoms with Gasteiger partial charge in [-0.15, -0.1) is 0 Å². The van der Waals surface area contributed by atoms with Gasteiger partial charge in [-0.05, 0) is 31.9 Å². The smallest absolute Gasteiger partial charge is 0.257 e. The summed E-state index contributed by atoms with van der Waals surface area (Å²) < 4.78 is 30.8. The first-order valence-corrected chi connectivity index (χ1v) is 9.02. The first kappa shape index (κ1) is 16.8. The molecule has 1 aliphatic rings. The minimum Gasteiger partial charge on any atom is -0.484 e. The van der Waals surface area contributed by atoms with Gasteiger partial charge in [0.2, 0.25) is 10.0 Å². The molecule has 1 aromatic carbocycles. The van der Waals surface area contributed by atoms with Crippen molar-refractivity contribution in [2.45, 2.75) is 19.8 Å². The zero-order chi connectivity index (χ0) is 16.0. The van der Waals surface area contributed by atoms with E-state index >= 15 is 0 Å². The average Bonchev–Trinajstić information content (AvgIpc) is 3.01. The number of carbonyl (C=O) groups excluding carboxylic acids is 1. The van der Waals surface area contributed by atoms with Gasteiger partial charge in [-0.1, -0.05) is 17.7 Å². The van der Waals surface area contributed by atoms with E-state index < -0.39 is 10.0 Å². The number of amides is 1. The average molecular weight is 326 g/mol. The molecular formula is C15H22N2O4S. The van der Waals surface area contributed by atoms with Crippen LogP contribution in [0.25, 0.3) is 0 Å². The van der Waals surface area contributed by atoms with Crippen LogP contribution in [0.1, 0.15) is 18.4 Å². The van der Waals surface area contributed by atoms with E-state index in [1.807, 2.05) is 19.1 Å². The number of hydrogen-bond acceptors (Lipinski definition) is 4. The number of carbonyl (C=O) groups is 1. The zero-order valence-electron chi connectivity index (χ0n) is 12.7. The summed E-state index contributed by atoms with van der Waals surface area (Å²) in [6, 6.07) is 7.38. The minimum atomic E-state index is -3.25. The number of benzene rings is 1. The number of nitrogens with zero attached hydrogens (tertiary/aromatic N) is 1. The summed E-state index contributed by atoms with van der Waals surface area (Å²) >= 11 is 0. The summed E-state index contributed by atoms with van der Waals surface area (Å²) in [4.78, 5) is 11.6. The zero-order valence-corrected chi connectivity index (χ0v) is 13.6. The Morgan fingerprint density at radius 1 is 1.23 bits per heavy atom. The molecule has 0 spiro atoms. The maximum Gasteiger partial charge on any atom is 0.257 e. The Bertz CT molecular complexity index is 592. The summed E-state index contributed by atoms with van der Waals surface area (Å²) in [6.07, 6.45) is 1.83. The first-order chi connectivity index (χ1) is 10.5. The third-order valence-corrected chi connectivity index (χ3v) is 5.40. The van der Waals surface area contributed by atoms with Gasteiger partial charge in [-0.2, -0.15) is 0 Å². The number of sulfonamides is 1. The molecule has 1 N–H and O–H groups in total. The van der Waals surface area contributed by atoms with Crippen LogP contribution in [0.15, 0.2) is 24.3 Å². The molecule has 0 saturated carbocycles. The fraction of sp³-hybridized carbons (Fsp3) is 0.533. The van der Waals surface area contributed by atoms with Crippen LogP contribution in [0.5, 0.6) is 5.75 Å². The van der Waals surface area contributed by atoms with E-state index in [1.165, 1.54) is 4.31 Å². The Kier molecular flexibility index (Phi) is 5.79. The lowest BCUT2D eigenvalue weighted by molar-refractivity contribution is -0.122. The fourth-order valence-electron chi connectivity index (χ4n) is 2.25. The van der Waals surface area contributed by atoms with E-state index in [-0.39, 0.29) is 24.8 Å². The van der Waals surface area contributed by atoms with Crippen molar-refractivity contribution < 1.29 is 17.9 Å². The summed E-state index contributed by atoms with van der Waals surface area (Å²) in [5, 5.41) is 2.57. The molecule has 6 nitrogen and oxygen atoms in total. The SMILES string of the molecule is Cc1ccc(OCC(=O)NCCS(=O)(=O)N2CCCC2)cc1. The molecule has 22 heavy (non-hydrogen) atoms. The molecule has 0 unspecified atom stereocenters. The van der Waals surface area contributed by atoms with E-state index in [0.717, 1.165) is 18.4 Å². The highest BCUT2D eigenvalue weighted by Crippen LogP contribution is 2.13. The van der Waals surface area contributed by atoms with Crippen molar-refractivity contribution in [2.24, 2.45) is 0 Å². The van der Waals surface area contributed by atoms with Gasteiger partial charge in [0, 0.05) is 19.6 Å². The number of hydrogen-bond donors (Lipinski definition) is 1. The van der Waals surface area contributed by atoms with E-state index in [2.05, 4.69) is 5.32 Å². The second-order valence-corrected chi connectivity index (χ2v) is 7.46. The van der Waals surface area contributed by atoms with Crippen molar-refractivity contribution in [1.29, 1.82) is 0 Å². The maximum absolute atomic E-state index is 12.0. The molecule has 0 atom stereocenters. The largest absolute Gasteiger partial charge is 0.484 e. The summed E-state index contributed by atoms with van der Waals surface area (Å²) in [6.45, 7) is 3.14. The normalized spacial score (nSPS) is 15.7. The van der Waals surface area contributed by atoms with Gasteiger partial charge >= 0.3 is 0 Å². The summed E-state index contributed by atoms with van der Waals surface area (Å²) in [5.41, 5.74) is 1.11. The predicted molar refractivity (Wildman–Crippen MR) is 84.3 cm³/mol. The quantitative estimate of drug-likeness (QED) is 0.808. The lowest BCUT2D eigenvalue weighted by Crippen LogP contribution is -2.37. The second kappa shape index (κ2) is 7.60. The van der Waals surface area contributed by atoms with Crippen molar-refractivity contribution in [3.05, 3.63) is 29.8 Å². The van der Waals surface area contributed by atoms with Gasteiger partial charge in [-0.25, -0.2) is 12.7 Å². The van der Waals surface area contributed by atoms with Crippen LogP contribution in [0.4, 0.5) is 0 Å². The van der Waals surface area contributed by atoms with Gasteiger partial charge in [0.1, 0.15) is 5.75 Å². The third-order valence-electron chi connectivity index (χ3n) is 3.53. The second-order valence-electron chi connectivity index (χ2n) is 5.37. The van der Waals surface area contributed by atoms with Gasteiger partial charge in [-0.3, -0.25) is 4.79 Å². The van der Waals surface area contributed by atoms with Crippen LogP contribution >= 0.6 is 0 Å².